The van der Waals surface area contributed by atoms with Crippen LogP contribution in [0.3, 0.4) is 0 Å². The Labute approximate surface area is 382 Å². The van der Waals surface area contributed by atoms with Crippen molar-refractivity contribution in [3.05, 3.63) is 72.9 Å². The summed E-state index contributed by atoms with van der Waals surface area (Å²) >= 11 is 0. The molecule has 0 saturated carbocycles. The molecular formula is C56H96O6. The molecule has 1 unspecified atom stereocenters. The first-order chi connectivity index (χ1) is 30.5. The summed E-state index contributed by atoms with van der Waals surface area (Å²) in [6.07, 6.45) is 63.6. The van der Waals surface area contributed by atoms with Crippen LogP contribution < -0.4 is 0 Å². The number of hydrogen-bond donors (Lipinski definition) is 0. The molecule has 0 fully saturated rings. The molecule has 0 amide bonds. The molecule has 0 aromatic rings. The molecule has 0 radical (unpaired) electrons. The molecule has 6 nitrogen and oxygen atoms in total. The predicted octanol–water partition coefficient (Wildman–Crippen LogP) is 17.0. The highest BCUT2D eigenvalue weighted by atomic mass is 16.6. The summed E-state index contributed by atoms with van der Waals surface area (Å²) in [7, 11) is 0. The van der Waals surface area contributed by atoms with Gasteiger partial charge in [-0.15, -0.1) is 0 Å². The van der Waals surface area contributed by atoms with Gasteiger partial charge in [0.2, 0.25) is 0 Å². The molecule has 356 valence electrons. The van der Waals surface area contributed by atoms with Crippen molar-refractivity contribution in [1.82, 2.24) is 0 Å². The quantitative estimate of drug-likeness (QED) is 0.0262. The summed E-state index contributed by atoms with van der Waals surface area (Å²) in [5, 5.41) is 0. The van der Waals surface area contributed by atoms with Crippen molar-refractivity contribution in [2.45, 2.75) is 252 Å². The largest absolute Gasteiger partial charge is 0.462 e. The smallest absolute Gasteiger partial charge is 0.309 e. The molecule has 0 heterocycles. The second kappa shape index (κ2) is 50.5. The predicted molar refractivity (Wildman–Crippen MR) is 265 cm³/mol. The van der Waals surface area contributed by atoms with Crippen LogP contribution in [-0.2, 0) is 28.6 Å². The lowest BCUT2D eigenvalue weighted by molar-refractivity contribution is -0.166. The Morgan fingerprint density at radius 2 is 0.694 bits per heavy atom. The van der Waals surface area contributed by atoms with E-state index < -0.39 is 12.1 Å². The molecule has 0 spiro atoms. The van der Waals surface area contributed by atoms with Crippen LogP contribution in [0.5, 0.6) is 0 Å². The zero-order valence-corrected chi connectivity index (χ0v) is 40.6. The Kier molecular flexibility index (Phi) is 47.9. The van der Waals surface area contributed by atoms with Gasteiger partial charge in [-0.2, -0.15) is 0 Å². The van der Waals surface area contributed by atoms with Crippen molar-refractivity contribution in [3.8, 4) is 0 Å². The molecule has 0 bridgehead atoms. The molecule has 0 aliphatic heterocycles. The zero-order valence-electron chi connectivity index (χ0n) is 40.6. The number of hydrogen-bond acceptors (Lipinski definition) is 6. The van der Waals surface area contributed by atoms with Gasteiger partial charge in [-0.05, 0) is 64.2 Å². The molecule has 6 heteroatoms. The Bertz CT molecular complexity index is 1180. The first-order valence-corrected chi connectivity index (χ1v) is 25.9. The molecule has 0 aliphatic carbocycles. The standard InChI is InChI=1S/C56H96O6/c1-4-7-10-13-16-19-21-23-25-27-28-29-31-32-34-37-40-43-46-49-55(58)61-52-53(51-60-54(57)48-45-42-39-36-18-15-12-9-6-3)62-56(59)50-47-44-41-38-35-33-30-26-24-22-20-17-14-11-8-5-2/h7,9-10,12,16,18-19,23,25,36,42,45,53H,4-6,8,11,13-15,17,20-22,24,26-35,37-41,43-44,46-52H2,1-3H3/b10-7-,12-9-,19-16-,25-23-,36-18-,45-42-. The lowest BCUT2D eigenvalue weighted by atomic mass is 10.0. The van der Waals surface area contributed by atoms with Gasteiger partial charge in [-0.1, -0.05) is 235 Å². The van der Waals surface area contributed by atoms with Gasteiger partial charge in [0.1, 0.15) is 13.2 Å². The van der Waals surface area contributed by atoms with Crippen LogP contribution in [0.25, 0.3) is 0 Å². The topological polar surface area (TPSA) is 78.9 Å². The summed E-state index contributed by atoms with van der Waals surface area (Å²) in [6.45, 7) is 6.32. The van der Waals surface area contributed by atoms with Gasteiger partial charge in [-0.3, -0.25) is 14.4 Å². The van der Waals surface area contributed by atoms with Crippen LogP contribution in [0.1, 0.15) is 245 Å². The maximum atomic E-state index is 12.8. The molecule has 0 rings (SSSR count). The fraction of sp³-hybridized carbons (Fsp3) is 0.732. The third kappa shape index (κ3) is 47.9. The number of allylic oxidation sites excluding steroid dienone is 11. The summed E-state index contributed by atoms with van der Waals surface area (Å²) in [6, 6.07) is 0. The van der Waals surface area contributed by atoms with Crippen molar-refractivity contribution in [2.24, 2.45) is 0 Å². The lowest BCUT2D eigenvalue weighted by Crippen LogP contribution is -2.30. The second-order valence-electron chi connectivity index (χ2n) is 17.0. The molecular weight excluding hydrogens is 769 g/mol. The Hall–Kier alpha value is -3.15. The number of esters is 3. The van der Waals surface area contributed by atoms with Gasteiger partial charge < -0.3 is 14.2 Å². The lowest BCUT2D eigenvalue weighted by Gasteiger charge is -2.18. The van der Waals surface area contributed by atoms with Crippen molar-refractivity contribution >= 4 is 17.9 Å². The van der Waals surface area contributed by atoms with Gasteiger partial charge in [0.15, 0.2) is 6.10 Å². The highest BCUT2D eigenvalue weighted by molar-refractivity contribution is 5.72. The molecule has 0 aromatic heterocycles. The first-order valence-electron chi connectivity index (χ1n) is 25.9. The van der Waals surface area contributed by atoms with E-state index in [-0.39, 0.29) is 31.6 Å². The third-order valence-electron chi connectivity index (χ3n) is 11.0. The zero-order chi connectivity index (χ0) is 45.1. The average molecular weight is 865 g/mol. The summed E-state index contributed by atoms with van der Waals surface area (Å²) in [5.74, 6) is -1.03. The van der Waals surface area contributed by atoms with E-state index in [1.807, 2.05) is 6.08 Å². The molecule has 1 atom stereocenters. The number of carbonyl (C=O) groups is 3. The Morgan fingerprint density at radius 3 is 1.13 bits per heavy atom. The van der Waals surface area contributed by atoms with Crippen LogP contribution in [0, 0.1) is 0 Å². The SMILES string of the molecule is CC/C=C\C/C=C\C/C=C\CCCCCCCCCCCC(=O)OCC(COC(=O)C/C=C\C/C=C\C/C=C\CC)OC(=O)CCCCCCCCCCCCCCCCCC. The number of carbonyl (C=O) groups excluding carboxylic acids is 3. The van der Waals surface area contributed by atoms with Crippen molar-refractivity contribution < 1.29 is 28.6 Å². The summed E-state index contributed by atoms with van der Waals surface area (Å²) < 4.78 is 16.7. The minimum atomic E-state index is -0.810. The Balaban J connectivity index is 4.33. The van der Waals surface area contributed by atoms with Crippen LogP contribution in [-0.4, -0.2) is 37.2 Å². The van der Waals surface area contributed by atoms with E-state index in [9.17, 15) is 14.4 Å². The van der Waals surface area contributed by atoms with Gasteiger partial charge in [0.25, 0.3) is 0 Å². The van der Waals surface area contributed by atoms with Crippen molar-refractivity contribution in [2.75, 3.05) is 13.2 Å². The van der Waals surface area contributed by atoms with E-state index in [1.54, 1.807) is 6.08 Å². The first kappa shape index (κ1) is 58.9. The number of unbranched alkanes of at least 4 members (excludes halogenated alkanes) is 24. The van der Waals surface area contributed by atoms with Crippen LogP contribution >= 0.6 is 0 Å². The highest BCUT2D eigenvalue weighted by Gasteiger charge is 2.19. The molecule has 0 saturated heterocycles. The monoisotopic (exact) mass is 865 g/mol. The van der Waals surface area contributed by atoms with Crippen LogP contribution in [0.4, 0.5) is 0 Å². The van der Waals surface area contributed by atoms with Gasteiger partial charge >= 0.3 is 17.9 Å². The van der Waals surface area contributed by atoms with Crippen LogP contribution in [0.2, 0.25) is 0 Å². The molecule has 0 aliphatic rings. The minimum absolute atomic E-state index is 0.103. The third-order valence-corrected chi connectivity index (χ3v) is 11.0. The van der Waals surface area contributed by atoms with E-state index in [0.29, 0.717) is 12.8 Å². The molecule has 62 heavy (non-hydrogen) atoms. The number of rotatable bonds is 46. The fourth-order valence-electron chi connectivity index (χ4n) is 7.17. The molecule has 0 N–H and O–H groups in total. The maximum absolute atomic E-state index is 12.8. The average Bonchev–Trinajstić information content (AvgIpc) is 3.27. The fourth-order valence-corrected chi connectivity index (χ4v) is 7.17. The minimum Gasteiger partial charge on any atom is -0.462 e. The van der Waals surface area contributed by atoms with E-state index in [0.717, 1.165) is 77.0 Å². The highest BCUT2D eigenvalue weighted by Crippen LogP contribution is 2.16. The molecule has 0 aromatic carbocycles. The van der Waals surface area contributed by atoms with Crippen LogP contribution in [0.15, 0.2) is 72.9 Å². The van der Waals surface area contributed by atoms with Crippen molar-refractivity contribution in [1.29, 1.82) is 0 Å². The normalized spacial score (nSPS) is 12.6. The summed E-state index contributed by atoms with van der Waals surface area (Å²) in [5.41, 5.74) is 0. The van der Waals surface area contributed by atoms with E-state index >= 15 is 0 Å². The summed E-state index contributed by atoms with van der Waals surface area (Å²) in [4.78, 5) is 37.8. The van der Waals surface area contributed by atoms with E-state index in [4.69, 9.17) is 14.2 Å². The Morgan fingerprint density at radius 1 is 0.355 bits per heavy atom. The van der Waals surface area contributed by atoms with Gasteiger partial charge in [-0.25, -0.2) is 0 Å². The van der Waals surface area contributed by atoms with E-state index in [1.165, 1.54) is 128 Å². The van der Waals surface area contributed by atoms with E-state index in [2.05, 4.69) is 81.5 Å². The maximum Gasteiger partial charge on any atom is 0.309 e. The van der Waals surface area contributed by atoms with Gasteiger partial charge in [0, 0.05) is 12.8 Å². The second-order valence-corrected chi connectivity index (χ2v) is 17.0. The van der Waals surface area contributed by atoms with Crippen molar-refractivity contribution in [3.63, 3.8) is 0 Å². The number of ether oxygens (including phenoxy) is 3. The van der Waals surface area contributed by atoms with Gasteiger partial charge in [0.05, 0.1) is 6.42 Å².